The third-order valence-corrected chi connectivity index (χ3v) is 4.31. The summed E-state index contributed by atoms with van der Waals surface area (Å²) >= 11 is 6.07. The molecule has 0 aliphatic heterocycles. The van der Waals surface area contributed by atoms with E-state index >= 15 is 0 Å². The van der Waals surface area contributed by atoms with Crippen molar-refractivity contribution in [2.24, 2.45) is 5.92 Å². The fourth-order valence-electron chi connectivity index (χ4n) is 2.68. The normalized spacial score (nSPS) is 18.5. The summed E-state index contributed by atoms with van der Waals surface area (Å²) in [6.45, 7) is 1.98. The van der Waals surface area contributed by atoms with Gasteiger partial charge >= 0.3 is 0 Å². The summed E-state index contributed by atoms with van der Waals surface area (Å²) in [6.07, 6.45) is 7.10. The lowest BCUT2D eigenvalue weighted by Crippen LogP contribution is -2.01. The van der Waals surface area contributed by atoms with Crippen molar-refractivity contribution in [3.63, 3.8) is 0 Å². The summed E-state index contributed by atoms with van der Waals surface area (Å²) < 4.78 is 0. The molecule has 2 rings (SSSR count). The summed E-state index contributed by atoms with van der Waals surface area (Å²) in [5.41, 5.74) is 2.03. The number of hydrogen-bond acceptors (Lipinski definition) is 1. The maximum atomic E-state index is 10.1. The van der Waals surface area contributed by atoms with E-state index in [0.29, 0.717) is 0 Å². The van der Waals surface area contributed by atoms with E-state index in [1.54, 1.807) is 0 Å². The van der Waals surface area contributed by atoms with E-state index in [9.17, 15) is 5.11 Å². The van der Waals surface area contributed by atoms with E-state index in [0.717, 1.165) is 34.9 Å². The summed E-state index contributed by atoms with van der Waals surface area (Å²) in [5, 5.41) is 10.9. The van der Waals surface area contributed by atoms with Crippen molar-refractivity contribution < 1.29 is 5.11 Å². The Labute approximate surface area is 109 Å². The van der Waals surface area contributed by atoms with Crippen LogP contribution in [0.5, 0.6) is 0 Å². The predicted molar refractivity (Wildman–Crippen MR) is 72.3 cm³/mol. The molecule has 1 saturated carbocycles. The summed E-state index contributed by atoms with van der Waals surface area (Å²) in [6, 6.07) is 5.87. The highest BCUT2D eigenvalue weighted by Gasteiger charge is 2.17. The van der Waals surface area contributed by atoms with Gasteiger partial charge in [-0.2, -0.15) is 0 Å². The van der Waals surface area contributed by atoms with Crippen LogP contribution in [0, 0.1) is 12.8 Å². The highest BCUT2D eigenvalue weighted by Crippen LogP contribution is 2.32. The first kappa shape index (κ1) is 12.9. The third kappa shape index (κ3) is 3.46. The highest BCUT2D eigenvalue weighted by atomic mass is 35.5. The van der Waals surface area contributed by atoms with Crippen molar-refractivity contribution in [1.29, 1.82) is 0 Å². The molecule has 17 heavy (non-hydrogen) atoms. The monoisotopic (exact) mass is 252 g/mol. The Bertz CT molecular complexity index is 369. The van der Waals surface area contributed by atoms with Gasteiger partial charge in [0.05, 0.1) is 6.10 Å². The molecule has 0 spiro atoms. The third-order valence-electron chi connectivity index (χ3n) is 3.90. The van der Waals surface area contributed by atoms with E-state index < -0.39 is 0 Å². The van der Waals surface area contributed by atoms with E-state index in [2.05, 4.69) is 0 Å². The molecule has 1 aromatic rings. The van der Waals surface area contributed by atoms with Gasteiger partial charge in [-0.05, 0) is 42.9 Å². The Kier molecular flexibility index (Phi) is 4.47. The average molecular weight is 253 g/mol. The molecule has 1 N–H and O–H groups in total. The minimum Gasteiger partial charge on any atom is -0.388 e. The number of hydrogen-bond donors (Lipinski definition) is 1. The van der Waals surface area contributed by atoms with Crippen molar-refractivity contribution in [2.75, 3.05) is 0 Å². The standard InChI is InChI=1S/C15H21ClO/c1-11-6-8-13(10-14(11)16)15(17)9-7-12-4-2-3-5-12/h6,8,10,12,15,17H,2-5,7,9H2,1H3. The summed E-state index contributed by atoms with van der Waals surface area (Å²) in [7, 11) is 0. The van der Waals surface area contributed by atoms with Crippen LogP contribution in [0.15, 0.2) is 18.2 Å². The molecular weight excluding hydrogens is 232 g/mol. The van der Waals surface area contributed by atoms with Gasteiger partial charge in [-0.25, -0.2) is 0 Å². The SMILES string of the molecule is Cc1ccc(C(O)CCC2CCCC2)cc1Cl. The van der Waals surface area contributed by atoms with Gasteiger partial charge in [0.1, 0.15) is 0 Å². The Balaban J connectivity index is 1.89. The van der Waals surface area contributed by atoms with E-state index in [1.807, 2.05) is 25.1 Å². The first-order chi connectivity index (χ1) is 8.16. The van der Waals surface area contributed by atoms with Crippen LogP contribution in [-0.2, 0) is 0 Å². The second-order valence-electron chi connectivity index (χ2n) is 5.25. The smallest absolute Gasteiger partial charge is 0.0790 e. The van der Waals surface area contributed by atoms with Gasteiger partial charge < -0.3 is 5.11 Å². The molecule has 94 valence electrons. The molecule has 0 radical (unpaired) electrons. The van der Waals surface area contributed by atoms with Gasteiger partial charge in [0.25, 0.3) is 0 Å². The van der Waals surface area contributed by atoms with Gasteiger partial charge in [-0.3, -0.25) is 0 Å². The van der Waals surface area contributed by atoms with E-state index in [-0.39, 0.29) is 6.10 Å². The molecule has 0 amide bonds. The molecule has 1 aliphatic carbocycles. The molecule has 1 unspecified atom stereocenters. The fourth-order valence-corrected chi connectivity index (χ4v) is 2.86. The van der Waals surface area contributed by atoms with E-state index in [1.165, 1.54) is 25.7 Å². The molecule has 0 bridgehead atoms. The number of aliphatic hydroxyl groups excluding tert-OH is 1. The minimum atomic E-state index is -0.353. The Morgan fingerprint density at radius 3 is 2.71 bits per heavy atom. The first-order valence-corrected chi connectivity index (χ1v) is 6.98. The zero-order valence-corrected chi connectivity index (χ0v) is 11.2. The lowest BCUT2D eigenvalue weighted by Gasteiger charge is -2.15. The Morgan fingerprint density at radius 1 is 1.35 bits per heavy atom. The second kappa shape index (κ2) is 5.88. The summed E-state index contributed by atoms with van der Waals surface area (Å²) in [5.74, 6) is 0.838. The first-order valence-electron chi connectivity index (χ1n) is 6.61. The topological polar surface area (TPSA) is 20.2 Å². The van der Waals surface area contributed by atoms with Crippen molar-refractivity contribution in [3.05, 3.63) is 34.3 Å². The molecule has 1 nitrogen and oxygen atoms in total. The van der Waals surface area contributed by atoms with E-state index in [4.69, 9.17) is 11.6 Å². The van der Waals surface area contributed by atoms with Crippen LogP contribution in [0.25, 0.3) is 0 Å². The second-order valence-corrected chi connectivity index (χ2v) is 5.66. The van der Waals surface area contributed by atoms with Crippen LogP contribution in [0.1, 0.15) is 55.8 Å². The van der Waals surface area contributed by atoms with Gasteiger partial charge in [0.2, 0.25) is 0 Å². The molecule has 2 heteroatoms. The molecular formula is C15H21ClO. The highest BCUT2D eigenvalue weighted by molar-refractivity contribution is 6.31. The Morgan fingerprint density at radius 2 is 2.06 bits per heavy atom. The zero-order chi connectivity index (χ0) is 12.3. The maximum Gasteiger partial charge on any atom is 0.0790 e. The molecule has 0 saturated heterocycles. The summed E-state index contributed by atoms with van der Waals surface area (Å²) in [4.78, 5) is 0. The number of benzene rings is 1. The number of aryl methyl sites for hydroxylation is 1. The number of rotatable bonds is 4. The van der Waals surface area contributed by atoms with Gasteiger partial charge in [0, 0.05) is 5.02 Å². The quantitative estimate of drug-likeness (QED) is 0.827. The van der Waals surface area contributed by atoms with Gasteiger partial charge in [-0.1, -0.05) is 49.4 Å². The number of halogens is 1. The molecule has 0 aromatic heterocycles. The molecule has 1 aliphatic rings. The van der Waals surface area contributed by atoms with Crippen LogP contribution in [0.4, 0.5) is 0 Å². The zero-order valence-electron chi connectivity index (χ0n) is 10.5. The van der Waals surface area contributed by atoms with Crippen LogP contribution in [0.2, 0.25) is 5.02 Å². The fraction of sp³-hybridized carbons (Fsp3) is 0.600. The van der Waals surface area contributed by atoms with Crippen LogP contribution in [-0.4, -0.2) is 5.11 Å². The van der Waals surface area contributed by atoms with Crippen molar-refractivity contribution in [1.82, 2.24) is 0 Å². The minimum absolute atomic E-state index is 0.353. The van der Waals surface area contributed by atoms with Gasteiger partial charge in [0.15, 0.2) is 0 Å². The van der Waals surface area contributed by atoms with Gasteiger partial charge in [-0.15, -0.1) is 0 Å². The maximum absolute atomic E-state index is 10.1. The Hall–Kier alpha value is -0.530. The van der Waals surface area contributed by atoms with Crippen molar-refractivity contribution in [2.45, 2.75) is 51.6 Å². The molecule has 1 atom stereocenters. The van der Waals surface area contributed by atoms with Crippen LogP contribution >= 0.6 is 11.6 Å². The van der Waals surface area contributed by atoms with Crippen molar-refractivity contribution in [3.8, 4) is 0 Å². The number of aliphatic hydroxyl groups is 1. The lowest BCUT2D eigenvalue weighted by atomic mass is 9.96. The lowest BCUT2D eigenvalue weighted by molar-refractivity contribution is 0.157. The van der Waals surface area contributed by atoms with Crippen molar-refractivity contribution >= 4 is 11.6 Å². The molecule has 1 fully saturated rings. The predicted octanol–water partition coefficient (Wildman–Crippen LogP) is 4.65. The largest absolute Gasteiger partial charge is 0.388 e. The average Bonchev–Trinajstić information content (AvgIpc) is 2.82. The molecule has 0 heterocycles. The molecule has 1 aromatic carbocycles. The van der Waals surface area contributed by atoms with Crippen LogP contribution < -0.4 is 0 Å². The van der Waals surface area contributed by atoms with Crippen LogP contribution in [0.3, 0.4) is 0 Å².